The van der Waals surface area contributed by atoms with E-state index in [0.717, 1.165) is 24.3 Å². The SMILES string of the molecule is N#C/C(=C\c1ccc(-c2cc(C(F)(F)F)ccc2Cl)o1)C(=O)Nc1cc(Cl)cc(Cl)c1. The number of alkyl halides is 3. The molecule has 0 aliphatic heterocycles. The topological polar surface area (TPSA) is 66.0 Å². The summed E-state index contributed by atoms with van der Waals surface area (Å²) in [6.45, 7) is 0. The van der Waals surface area contributed by atoms with Crippen molar-refractivity contribution in [1.82, 2.24) is 0 Å². The van der Waals surface area contributed by atoms with Crippen LogP contribution < -0.4 is 5.32 Å². The highest BCUT2D eigenvalue weighted by molar-refractivity contribution is 6.35. The fourth-order valence-electron chi connectivity index (χ4n) is 2.58. The third kappa shape index (κ3) is 5.61. The summed E-state index contributed by atoms with van der Waals surface area (Å²) >= 11 is 17.8. The van der Waals surface area contributed by atoms with E-state index < -0.39 is 17.6 Å². The van der Waals surface area contributed by atoms with Crippen molar-refractivity contribution < 1.29 is 22.4 Å². The number of benzene rings is 2. The summed E-state index contributed by atoms with van der Waals surface area (Å²) < 4.78 is 44.4. The molecule has 0 saturated carbocycles. The first-order valence-electron chi connectivity index (χ1n) is 8.43. The normalized spacial score (nSPS) is 11.8. The third-order valence-corrected chi connectivity index (χ3v) is 4.72. The molecule has 1 amide bonds. The van der Waals surface area contributed by atoms with Crippen LogP contribution in [0.1, 0.15) is 11.3 Å². The van der Waals surface area contributed by atoms with Crippen molar-refractivity contribution in [3.63, 3.8) is 0 Å². The molecule has 3 rings (SSSR count). The maximum Gasteiger partial charge on any atom is 0.416 e. The molecule has 0 unspecified atom stereocenters. The minimum absolute atomic E-state index is 0.0210. The number of rotatable bonds is 4. The molecule has 0 radical (unpaired) electrons. The quantitative estimate of drug-likeness (QED) is 0.308. The highest BCUT2D eigenvalue weighted by Gasteiger charge is 2.31. The van der Waals surface area contributed by atoms with Gasteiger partial charge in [-0.3, -0.25) is 4.79 Å². The van der Waals surface area contributed by atoms with Crippen LogP contribution >= 0.6 is 34.8 Å². The Bertz CT molecular complexity index is 1210. The summed E-state index contributed by atoms with van der Waals surface area (Å²) in [6.07, 6.45) is -3.41. The fourth-order valence-corrected chi connectivity index (χ4v) is 3.32. The summed E-state index contributed by atoms with van der Waals surface area (Å²) in [6, 6.07) is 11.7. The monoisotopic (exact) mass is 484 g/mol. The van der Waals surface area contributed by atoms with Gasteiger partial charge < -0.3 is 9.73 Å². The Labute approximate surface area is 189 Å². The van der Waals surface area contributed by atoms with Gasteiger partial charge in [0.1, 0.15) is 23.2 Å². The molecule has 1 heterocycles. The van der Waals surface area contributed by atoms with Gasteiger partial charge in [-0.05, 0) is 48.5 Å². The van der Waals surface area contributed by atoms with Crippen LogP contribution in [0.3, 0.4) is 0 Å². The molecular weight excluding hydrogens is 476 g/mol. The summed E-state index contributed by atoms with van der Waals surface area (Å²) in [5.41, 5.74) is -0.906. The molecule has 0 bridgehead atoms. The van der Waals surface area contributed by atoms with E-state index >= 15 is 0 Å². The lowest BCUT2D eigenvalue weighted by molar-refractivity contribution is -0.137. The van der Waals surface area contributed by atoms with E-state index in [0.29, 0.717) is 10.0 Å². The molecule has 10 heteroatoms. The molecule has 0 atom stereocenters. The zero-order valence-corrected chi connectivity index (χ0v) is 17.5. The molecule has 0 aliphatic rings. The van der Waals surface area contributed by atoms with Gasteiger partial charge in [0, 0.05) is 27.4 Å². The van der Waals surface area contributed by atoms with Crippen molar-refractivity contribution >= 4 is 52.5 Å². The lowest BCUT2D eigenvalue weighted by Crippen LogP contribution is -2.13. The van der Waals surface area contributed by atoms with Gasteiger partial charge in [0.15, 0.2) is 0 Å². The van der Waals surface area contributed by atoms with Gasteiger partial charge in [0.05, 0.1) is 10.6 Å². The molecule has 1 N–H and O–H groups in total. The van der Waals surface area contributed by atoms with Gasteiger partial charge in [-0.2, -0.15) is 18.4 Å². The number of nitrogens with zero attached hydrogens (tertiary/aromatic N) is 1. The predicted octanol–water partition coefficient (Wildman–Crippen LogP) is 7.47. The Kier molecular flexibility index (Phi) is 6.65. The van der Waals surface area contributed by atoms with Crippen LogP contribution in [-0.2, 0) is 11.0 Å². The van der Waals surface area contributed by atoms with E-state index in [-0.39, 0.29) is 33.4 Å². The van der Waals surface area contributed by atoms with Gasteiger partial charge in [0.25, 0.3) is 5.91 Å². The van der Waals surface area contributed by atoms with E-state index in [1.54, 1.807) is 6.07 Å². The van der Waals surface area contributed by atoms with E-state index in [1.807, 2.05) is 0 Å². The summed E-state index contributed by atoms with van der Waals surface area (Å²) in [5, 5.41) is 12.4. The van der Waals surface area contributed by atoms with Crippen LogP contribution in [0, 0.1) is 11.3 Å². The zero-order chi connectivity index (χ0) is 22.8. The predicted molar refractivity (Wildman–Crippen MR) is 113 cm³/mol. The number of hydrogen-bond donors (Lipinski definition) is 1. The average molecular weight is 486 g/mol. The molecular formula is C21H10Cl3F3N2O2. The lowest BCUT2D eigenvalue weighted by atomic mass is 10.1. The molecule has 4 nitrogen and oxygen atoms in total. The van der Waals surface area contributed by atoms with Crippen molar-refractivity contribution in [3.8, 4) is 17.4 Å². The number of halogens is 6. The molecule has 158 valence electrons. The number of carbonyl (C=O) groups excluding carboxylic acids is 1. The number of nitriles is 1. The smallest absolute Gasteiger partial charge is 0.416 e. The van der Waals surface area contributed by atoms with Crippen molar-refractivity contribution in [2.75, 3.05) is 5.32 Å². The minimum Gasteiger partial charge on any atom is -0.457 e. The first-order valence-corrected chi connectivity index (χ1v) is 9.56. The second-order valence-electron chi connectivity index (χ2n) is 6.18. The van der Waals surface area contributed by atoms with Crippen LogP contribution in [0.2, 0.25) is 15.1 Å². The van der Waals surface area contributed by atoms with Crippen LogP contribution in [0.15, 0.2) is 58.5 Å². The van der Waals surface area contributed by atoms with E-state index in [1.165, 1.54) is 30.3 Å². The maximum absolute atomic E-state index is 13.0. The van der Waals surface area contributed by atoms with E-state index in [9.17, 15) is 23.2 Å². The summed E-state index contributed by atoms with van der Waals surface area (Å²) in [7, 11) is 0. The summed E-state index contributed by atoms with van der Waals surface area (Å²) in [4.78, 5) is 12.4. The first-order chi connectivity index (χ1) is 14.6. The van der Waals surface area contributed by atoms with Crippen LogP contribution in [0.4, 0.5) is 18.9 Å². The number of furan rings is 1. The third-order valence-electron chi connectivity index (χ3n) is 3.96. The number of amides is 1. The first kappa shape index (κ1) is 22.8. The molecule has 3 aromatic rings. The second-order valence-corrected chi connectivity index (χ2v) is 7.46. The van der Waals surface area contributed by atoms with Crippen LogP contribution in [0.5, 0.6) is 0 Å². The van der Waals surface area contributed by atoms with Crippen molar-refractivity contribution in [2.45, 2.75) is 6.18 Å². The second kappa shape index (κ2) is 9.06. The van der Waals surface area contributed by atoms with Gasteiger partial charge >= 0.3 is 6.18 Å². The maximum atomic E-state index is 13.0. The highest BCUT2D eigenvalue weighted by atomic mass is 35.5. The zero-order valence-electron chi connectivity index (χ0n) is 15.2. The van der Waals surface area contributed by atoms with Crippen LogP contribution in [0.25, 0.3) is 17.4 Å². The van der Waals surface area contributed by atoms with Gasteiger partial charge in [-0.25, -0.2) is 0 Å². The van der Waals surface area contributed by atoms with Crippen LogP contribution in [-0.4, -0.2) is 5.91 Å². The van der Waals surface area contributed by atoms with Gasteiger partial charge in [-0.1, -0.05) is 34.8 Å². The number of anilines is 1. The number of hydrogen-bond acceptors (Lipinski definition) is 3. The molecule has 0 spiro atoms. The Hall–Kier alpha value is -2.92. The standard InChI is InChI=1S/C21H10Cl3F3N2O2/c22-13-7-14(23)9-15(8-13)29-20(30)11(10-28)5-16-2-4-19(31-16)17-6-12(21(25,26)27)1-3-18(17)24/h1-9H,(H,29,30)/b11-5+. The van der Waals surface area contributed by atoms with E-state index in [4.69, 9.17) is 39.2 Å². The minimum atomic E-state index is -4.55. The van der Waals surface area contributed by atoms with E-state index in [2.05, 4.69) is 5.32 Å². The van der Waals surface area contributed by atoms with Crippen molar-refractivity contribution in [1.29, 1.82) is 5.26 Å². The highest BCUT2D eigenvalue weighted by Crippen LogP contribution is 2.36. The number of carbonyl (C=O) groups is 1. The Balaban J connectivity index is 1.87. The Morgan fingerprint density at radius 2 is 1.71 bits per heavy atom. The number of nitrogens with one attached hydrogen (secondary N) is 1. The van der Waals surface area contributed by atoms with Crippen molar-refractivity contribution in [2.24, 2.45) is 0 Å². The van der Waals surface area contributed by atoms with Gasteiger partial charge in [-0.15, -0.1) is 0 Å². The van der Waals surface area contributed by atoms with Gasteiger partial charge in [0.2, 0.25) is 0 Å². The molecule has 2 aromatic carbocycles. The largest absolute Gasteiger partial charge is 0.457 e. The molecule has 0 fully saturated rings. The summed E-state index contributed by atoms with van der Waals surface area (Å²) in [5.74, 6) is -0.642. The average Bonchev–Trinajstić information content (AvgIpc) is 3.13. The molecule has 0 aliphatic carbocycles. The molecule has 1 aromatic heterocycles. The molecule has 31 heavy (non-hydrogen) atoms. The Morgan fingerprint density at radius 3 is 2.32 bits per heavy atom. The fraction of sp³-hybridized carbons (Fsp3) is 0.0476. The lowest BCUT2D eigenvalue weighted by Gasteiger charge is -2.09. The van der Waals surface area contributed by atoms with Crippen molar-refractivity contribution in [3.05, 3.63) is 80.5 Å². The molecule has 0 saturated heterocycles. The Morgan fingerprint density at radius 1 is 1.03 bits per heavy atom.